The lowest BCUT2D eigenvalue weighted by atomic mass is 9.93. The van der Waals surface area contributed by atoms with Crippen molar-refractivity contribution in [1.82, 2.24) is 5.32 Å². The highest BCUT2D eigenvalue weighted by atomic mass is 16.6. The number of carbonyl (C=O) groups excluding carboxylic acids is 3. The molecule has 1 N–H and O–H groups in total. The van der Waals surface area contributed by atoms with Gasteiger partial charge in [0, 0.05) is 11.8 Å². The van der Waals surface area contributed by atoms with E-state index in [2.05, 4.69) is 5.32 Å². The summed E-state index contributed by atoms with van der Waals surface area (Å²) in [4.78, 5) is 33.9. The van der Waals surface area contributed by atoms with E-state index in [1.807, 2.05) is 0 Å². The van der Waals surface area contributed by atoms with E-state index in [0.717, 1.165) is 0 Å². The number of hydrogen-bond acceptors (Lipinski definition) is 4. The standard InChI is InChI=1S/C9H9NO4/c1-4-3-6(12)9(8(13)10-4)7(14-9)5(2)11/h3,7H,1-2H3,(H,10,13)/t7-,9+/m1/s1. The Morgan fingerprint density at radius 1 is 1.57 bits per heavy atom. The number of allylic oxidation sites excluding steroid dienone is 1. The first-order valence-electron chi connectivity index (χ1n) is 4.21. The van der Waals surface area contributed by atoms with Crippen molar-refractivity contribution in [3.8, 4) is 0 Å². The number of ether oxygens (including phenoxy) is 1. The fraction of sp³-hybridized carbons (Fsp3) is 0.444. The number of hydrogen-bond donors (Lipinski definition) is 1. The van der Waals surface area contributed by atoms with Gasteiger partial charge in [-0.25, -0.2) is 0 Å². The number of amides is 1. The first kappa shape index (κ1) is 9.08. The molecule has 0 aromatic heterocycles. The van der Waals surface area contributed by atoms with E-state index < -0.39 is 23.4 Å². The molecule has 2 aliphatic rings. The summed E-state index contributed by atoms with van der Waals surface area (Å²) in [5.74, 6) is -1.29. The maximum atomic E-state index is 11.5. The Bertz CT molecular complexity index is 384. The Morgan fingerprint density at radius 2 is 2.21 bits per heavy atom. The number of Topliss-reactive ketones (excluding diaryl/α,β-unsaturated/α-hetero) is 1. The Morgan fingerprint density at radius 3 is 2.64 bits per heavy atom. The van der Waals surface area contributed by atoms with Crippen molar-refractivity contribution in [2.45, 2.75) is 25.6 Å². The molecular formula is C9H9NO4. The molecule has 2 aliphatic heterocycles. The summed E-state index contributed by atoms with van der Waals surface area (Å²) in [6, 6.07) is 0. The van der Waals surface area contributed by atoms with Gasteiger partial charge in [0.15, 0.2) is 11.9 Å². The van der Waals surface area contributed by atoms with Gasteiger partial charge in [-0.3, -0.25) is 14.4 Å². The number of rotatable bonds is 1. The van der Waals surface area contributed by atoms with Crippen molar-refractivity contribution >= 4 is 17.5 Å². The summed E-state index contributed by atoms with van der Waals surface area (Å²) in [5.41, 5.74) is -1.07. The Hall–Kier alpha value is -1.49. The molecule has 1 spiro atoms. The minimum atomic E-state index is -1.55. The second-order valence-electron chi connectivity index (χ2n) is 3.49. The zero-order valence-corrected chi connectivity index (χ0v) is 7.79. The van der Waals surface area contributed by atoms with Crippen LogP contribution >= 0.6 is 0 Å². The number of ketones is 2. The van der Waals surface area contributed by atoms with E-state index in [9.17, 15) is 14.4 Å². The van der Waals surface area contributed by atoms with E-state index in [1.54, 1.807) is 6.92 Å². The summed E-state index contributed by atoms with van der Waals surface area (Å²) < 4.78 is 4.92. The molecule has 74 valence electrons. The van der Waals surface area contributed by atoms with Crippen molar-refractivity contribution in [2.24, 2.45) is 0 Å². The Kier molecular flexibility index (Phi) is 1.63. The average molecular weight is 195 g/mol. The highest BCUT2D eigenvalue weighted by Crippen LogP contribution is 2.40. The topological polar surface area (TPSA) is 75.8 Å². The van der Waals surface area contributed by atoms with Crippen LogP contribution in [0.25, 0.3) is 0 Å². The molecule has 1 amide bonds. The van der Waals surface area contributed by atoms with Crippen LogP contribution in [0, 0.1) is 0 Å². The highest BCUT2D eigenvalue weighted by Gasteiger charge is 2.70. The van der Waals surface area contributed by atoms with Gasteiger partial charge < -0.3 is 10.1 Å². The van der Waals surface area contributed by atoms with E-state index in [-0.39, 0.29) is 5.78 Å². The molecule has 0 aliphatic carbocycles. The molecule has 1 saturated heterocycles. The number of nitrogens with one attached hydrogen (secondary N) is 1. The van der Waals surface area contributed by atoms with Crippen LogP contribution in [0.4, 0.5) is 0 Å². The van der Waals surface area contributed by atoms with Crippen molar-refractivity contribution in [1.29, 1.82) is 0 Å². The second-order valence-corrected chi connectivity index (χ2v) is 3.49. The predicted octanol–water partition coefficient (Wildman–Crippen LogP) is -0.684. The van der Waals surface area contributed by atoms with Crippen molar-refractivity contribution < 1.29 is 19.1 Å². The second kappa shape index (κ2) is 2.51. The Labute approximate surface area is 80.1 Å². The number of carbonyl (C=O) groups is 3. The molecule has 14 heavy (non-hydrogen) atoms. The van der Waals surface area contributed by atoms with Gasteiger partial charge in [0.1, 0.15) is 0 Å². The third kappa shape index (κ3) is 0.957. The zero-order chi connectivity index (χ0) is 10.5. The van der Waals surface area contributed by atoms with Gasteiger partial charge in [-0.1, -0.05) is 0 Å². The predicted molar refractivity (Wildman–Crippen MR) is 45.2 cm³/mol. The van der Waals surface area contributed by atoms with Gasteiger partial charge in [-0.15, -0.1) is 0 Å². The van der Waals surface area contributed by atoms with E-state index >= 15 is 0 Å². The fourth-order valence-electron chi connectivity index (χ4n) is 1.60. The molecule has 2 heterocycles. The molecule has 5 nitrogen and oxygen atoms in total. The summed E-state index contributed by atoms with van der Waals surface area (Å²) in [6.45, 7) is 2.90. The summed E-state index contributed by atoms with van der Waals surface area (Å²) in [7, 11) is 0. The maximum absolute atomic E-state index is 11.5. The van der Waals surface area contributed by atoms with E-state index in [0.29, 0.717) is 5.70 Å². The van der Waals surface area contributed by atoms with Crippen LogP contribution in [0.2, 0.25) is 0 Å². The monoisotopic (exact) mass is 195 g/mol. The third-order valence-electron chi connectivity index (χ3n) is 2.35. The highest BCUT2D eigenvalue weighted by molar-refractivity contribution is 6.23. The van der Waals surface area contributed by atoms with Crippen LogP contribution in [0.15, 0.2) is 11.8 Å². The number of epoxide rings is 1. The van der Waals surface area contributed by atoms with Crippen LogP contribution in [0.5, 0.6) is 0 Å². The van der Waals surface area contributed by atoms with E-state index in [4.69, 9.17) is 4.74 Å². The lowest BCUT2D eigenvalue weighted by Crippen LogP contribution is -2.48. The summed E-state index contributed by atoms with van der Waals surface area (Å²) in [6.07, 6.45) is 0.379. The van der Waals surface area contributed by atoms with Gasteiger partial charge in [0.2, 0.25) is 11.4 Å². The van der Waals surface area contributed by atoms with Gasteiger partial charge in [-0.2, -0.15) is 0 Å². The molecule has 0 radical (unpaired) electrons. The molecule has 1 fully saturated rings. The van der Waals surface area contributed by atoms with Crippen molar-refractivity contribution in [2.75, 3.05) is 0 Å². The van der Waals surface area contributed by atoms with Gasteiger partial charge in [-0.05, 0) is 13.8 Å². The van der Waals surface area contributed by atoms with Crippen LogP contribution in [0.1, 0.15) is 13.8 Å². The molecule has 0 aromatic carbocycles. The summed E-state index contributed by atoms with van der Waals surface area (Å²) >= 11 is 0. The first-order valence-corrected chi connectivity index (χ1v) is 4.21. The van der Waals surface area contributed by atoms with Gasteiger partial charge >= 0.3 is 0 Å². The SMILES string of the molecule is CC(=O)[C@H]1O[C@@]12C(=O)C=C(C)NC2=O. The Balaban J connectivity index is 2.35. The van der Waals surface area contributed by atoms with Crippen LogP contribution in [-0.2, 0) is 19.1 Å². The quantitative estimate of drug-likeness (QED) is 0.444. The van der Waals surface area contributed by atoms with Crippen molar-refractivity contribution in [3.05, 3.63) is 11.8 Å². The van der Waals surface area contributed by atoms with E-state index in [1.165, 1.54) is 13.0 Å². The molecule has 0 unspecified atom stereocenters. The van der Waals surface area contributed by atoms with Crippen molar-refractivity contribution in [3.63, 3.8) is 0 Å². The molecular weight excluding hydrogens is 186 g/mol. The molecule has 5 heteroatoms. The molecule has 2 rings (SSSR count). The lowest BCUT2D eigenvalue weighted by Gasteiger charge is -2.15. The minimum absolute atomic E-state index is 0.304. The summed E-state index contributed by atoms with van der Waals surface area (Å²) in [5, 5.41) is 2.47. The third-order valence-corrected chi connectivity index (χ3v) is 2.35. The van der Waals surface area contributed by atoms with Crippen LogP contribution in [-0.4, -0.2) is 29.2 Å². The normalized spacial score (nSPS) is 35.3. The minimum Gasteiger partial charge on any atom is -0.339 e. The molecule has 0 bridgehead atoms. The molecule has 0 saturated carbocycles. The van der Waals surface area contributed by atoms with Crippen LogP contribution < -0.4 is 5.32 Å². The van der Waals surface area contributed by atoms with Crippen LogP contribution in [0.3, 0.4) is 0 Å². The fourth-order valence-corrected chi connectivity index (χ4v) is 1.60. The van der Waals surface area contributed by atoms with Gasteiger partial charge in [0.25, 0.3) is 5.91 Å². The average Bonchev–Trinajstić information content (AvgIpc) is 2.76. The molecule has 2 atom stereocenters. The zero-order valence-electron chi connectivity index (χ0n) is 7.79. The maximum Gasteiger partial charge on any atom is 0.267 e. The smallest absolute Gasteiger partial charge is 0.267 e. The van der Waals surface area contributed by atoms with Gasteiger partial charge in [0.05, 0.1) is 0 Å². The largest absolute Gasteiger partial charge is 0.339 e. The molecule has 0 aromatic rings. The lowest BCUT2D eigenvalue weighted by molar-refractivity contribution is -0.134. The first-order chi connectivity index (χ1) is 6.48.